The highest BCUT2D eigenvalue weighted by Crippen LogP contribution is 2.46. The van der Waals surface area contributed by atoms with E-state index in [2.05, 4.69) is 43.9 Å². The van der Waals surface area contributed by atoms with Crippen molar-refractivity contribution in [1.29, 1.82) is 0 Å². The van der Waals surface area contributed by atoms with E-state index in [1.165, 1.54) is 10.8 Å². The molecule has 0 aliphatic carbocycles. The summed E-state index contributed by atoms with van der Waals surface area (Å²) in [5.74, 6) is 1.02. The van der Waals surface area contributed by atoms with Gasteiger partial charge in [0.2, 0.25) is 11.6 Å². The average molecular weight is 788 g/mol. The maximum atomic E-state index is 13.5. The third kappa shape index (κ3) is 7.68. The Morgan fingerprint density at radius 2 is 1.44 bits per heavy atom. The van der Waals surface area contributed by atoms with Gasteiger partial charge in [-0.15, -0.1) is 0 Å². The number of benzene rings is 4. The minimum atomic E-state index is -2.51. The third-order valence-corrected chi connectivity index (χ3v) is 15.7. The molecule has 1 fully saturated rings. The van der Waals surface area contributed by atoms with Crippen LogP contribution in [0.3, 0.4) is 0 Å². The van der Waals surface area contributed by atoms with E-state index in [0.29, 0.717) is 34.0 Å². The maximum absolute atomic E-state index is 13.5. The van der Waals surface area contributed by atoms with E-state index in [9.17, 15) is 9.90 Å². The van der Waals surface area contributed by atoms with E-state index < -0.39 is 38.3 Å². The van der Waals surface area contributed by atoms with Gasteiger partial charge >= 0.3 is 0 Å². The number of hydrogen-bond donors (Lipinski definition) is 2. The van der Waals surface area contributed by atoms with Crippen molar-refractivity contribution in [3.8, 4) is 11.5 Å². The topological polar surface area (TPSA) is 153 Å². The van der Waals surface area contributed by atoms with E-state index in [1.807, 2.05) is 78.9 Å². The van der Waals surface area contributed by atoms with E-state index in [1.54, 1.807) is 44.7 Å². The monoisotopic (exact) mass is 787 g/mol. The SMILES string of the molecule is COc1ccc(C(OC[C@H]2O[C@@H](c3cnn4cnc(C(=O)c5ccc(N)cc5)nc34)[C@H](O[Si](C)(C)C(C)(C)C)[C@@H]2O)(c2ccccc2)c2ccc(OC)cc2)cc1. The van der Waals surface area contributed by atoms with Crippen molar-refractivity contribution in [1.82, 2.24) is 19.6 Å². The normalized spacial score (nSPS) is 18.8. The van der Waals surface area contributed by atoms with Crippen LogP contribution in [-0.4, -0.2) is 77.9 Å². The molecule has 0 radical (unpaired) electrons. The first kappa shape index (κ1) is 39.8. The van der Waals surface area contributed by atoms with Gasteiger partial charge in [0.25, 0.3) is 0 Å². The van der Waals surface area contributed by atoms with Crippen molar-refractivity contribution in [2.45, 2.75) is 68.9 Å². The molecule has 3 heterocycles. The summed E-state index contributed by atoms with van der Waals surface area (Å²) in [4.78, 5) is 22.5. The van der Waals surface area contributed by atoms with Crippen molar-refractivity contribution in [3.63, 3.8) is 0 Å². The Kier molecular flexibility index (Phi) is 11.0. The molecule has 4 aromatic carbocycles. The number of nitrogen functional groups attached to an aromatic ring is 1. The number of carbonyl (C=O) groups is 1. The van der Waals surface area contributed by atoms with Gasteiger partial charge in [0.05, 0.1) is 27.0 Å². The molecule has 0 amide bonds. The fourth-order valence-electron chi connectivity index (χ4n) is 6.94. The van der Waals surface area contributed by atoms with Crippen LogP contribution in [0.4, 0.5) is 5.69 Å². The summed E-state index contributed by atoms with van der Waals surface area (Å²) in [6.07, 6.45) is -0.514. The van der Waals surface area contributed by atoms with Crippen molar-refractivity contribution >= 4 is 25.4 Å². The first-order valence-corrected chi connectivity index (χ1v) is 21.8. The lowest BCUT2D eigenvalue weighted by atomic mass is 9.80. The zero-order valence-corrected chi connectivity index (χ0v) is 34.2. The van der Waals surface area contributed by atoms with E-state index >= 15 is 0 Å². The molecule has 2 aromatic heterocycles. The minimum absolute atomic E-state index is 0.0130. The Balaban J connectivity index is 1.30. The quantitative estimate of drug-likeness (QED) is 0.0531. The number of fused-ring (bicyclic) bond motifs is 1. The predicted molar refractivity (Wildman–Crippen MR) is 219 cm³/mol. The average Bonchev–Trinajstić information content (AvgIpc) is 3.77. The Morgan fingerprint density at radius 1 is 0.860 bits per heavy atom. The highest BCUT2D eigenvalue weighted by Gasteiger charge is 2.52. The van der Waals surface area contributed by atoms with Crippen LogP contribution in [0.15, 0.2) is 116 Å². The van der Waals surface area contributed by atoms with Crippen LogP contribution < -0.4 is 15.2 Å². The van der Waals surface area contributed by atoms with Gasteiger partial charge in [-0.2, -0.15) is 5.10 Å². The van der Waals surface area contributed by atoms with Crippen LogP contribution in [0.1, 0.15) is 65.3 Å². The molecule has 1 aliphatic rings. The fraction of sp³-hybridized carbons (Fsp3) is 0.318. The van der Waals surface area contributed by atoms with Crippen LogP contribution in [0.5, 0.6) is 11.5 Å². The molecule has 0 unspecified atom stereocenters. The molecule has 0 spiro atoms. The molecule has 1 saturated heterocycles. The number of aromatic nitrogens is 4. The molecular formula is C44H49N5O7Si. The van der Waals surface area contributed by atoms with Crippen LogP contribution in [-0.2, 0) is 19.5 Å². The van der Waals surface area contributed by atoms with Gasteiger partial charge in [-0.05, 0) is 83.4 Å². The second-order valence-corrected chi connectivity index (χ2v) is 20.5. The second-order valence-electron chi connectivity index (χ2n) is 15.7. The first-order valence-electron chi connectivity index (χ1n) is 18.9. The van der Waals surface area contributed by atoms with Crippen molar-refractivity contribution in [3.05, 3.63) is 149 Å². The summed E-state index contributed by atoms with van der Waals surface area (Å²) in [5, 5.41) is 16.6. The van der Waals surface area contributed by atoms with Gasteiger partial charge in [0, 0.05) is 16.8 Å². The molecule has 0 saturated carbocycles. The van der Waals surface area contributed by atoms with Crippen LogP contribution >= 0.6 is 0 Å². The molecule has 3 N–H and O–H groups in total. The lowest BCUT2D eigenvalue weighted by molar-refractivity contribution is -0.0826. The third-order valence-electron chi connectivity index (χ3n) is 11.2. The number of ether oxygens (including phenoxy) is 4. The summed E-state index contributed by atoms with van der Waals surface area (Å²) >= 11 is 0. The number of aliphatic hydroxyl groups is 1. The molecular weight excluding hydrogens is 739 g/mol. The van der Waals surface area contributed by atoms with Gasteiger partial charge in [0.1, 0.15) is 47.8 Å². The van der Waals surface area contributed by atoms with Crippen LogP contribution in [0.2, 0.25) is 18.1 Å². The summed E-state index contributed by atoms with van der Waals surface area (Å²) in [5.41, 5.74) is 9.12. The largest absolute Gasteiger partial charge is 0.497 e. The molecule has 0 bridgehead atoms. The first-order chi connectivity index (χ1) is 27.3. The number of nitrogens with zero attached hydrogens (tertiary/aromatic N) is 4. The lowest BCUT2D eigenvalue weighted by Crippen LogP contribution is -2.48. The zero-order chi connectivity index (χ0) is 40.5. The van der Waals surface area contributed by atoms with Gasteiger partial charge in [-0.1, -0.05) is 75.4 Å². The Bertz CT molecular complexity index is 2260. The van der Waals surface area contributed by atoms with E-state index in [4.69, 9.17) is 34.1 Å². The number of rotatable bonds is 13. The highest BCUT2D eigenvalue weighted by atomic mass is 28.4. The highest BCUT2D eigenvalue weighted by molar-refractivity contribution is 6.74. The number of ketones is 1. The zero-order valence-electron chi connectivity index (χ0n) is 33.2. The number of aliphatic hydroxyl groups excluding tert-OH is 1. The predicted octanol–water partition coefficient (Wildman–Crippen LogP) is 7.15. The number of anilines is 1. The molecule has 1 aliphatic heterocycles. The summed E-state index contributed by atoms with van der Waals surface area (Å²) in [6, 6.07) is 32.1. The maximum Gasteiger partial charge on any atom is 0.230 e. The summed E-state index contributed by atoms with van der Waals surface area (Å²) < 4.78 is 33.6. The number of nitrogens with two attached hydrogens (primary N) is 1. The fourth-order valence-corrected chi connectivity index (χ4v) is 8.23. The van der Waals surface area contributed by atoms with Crippen LogP contribution in [0, 0.1) is 0 Å². The molecule has 4 atom stereocenters. The van der Waals surface area contributed by atoms with Gasteiger partial charge in [-0.3, -0.25) is 4.79 Å². The van der Waals surface area contributed by atoms with Crippen molar-refractivity contribution in [2.75, 3.05) is 26.6 Å². The Labute approximate surface area is 333 Å². The van der Waals surface area contributed by atoms with Crippen molar-refractivity contribution < 1.29 is 33.3 Å². The Morgan fingerprint density at radius 3 is 2.00 bits per heavy atom. The standard InChI is InChI=1S/C44H49N5O7Si/c1-43(2,3)57(6,7)56-40-38(51)36(55-39(40)35-25-47-49-27-46-41(48-42(35)49)37(50)28-13-19-32(45)20-14-28)26-54-44(29-11-9-8-10-12-29,30-15-21-33(52-4)22-16-30)31-17-23-34(53-5)24-18-31/h8-25,27,36,38-40,51H,26,45H2,1-7H3/t36-,38-,39+,40-/m1/s1. The van der Waals surface area contributed by atoms with Crippen molar-refractivity contribution in [2.24, 2.45) is 0 Å². The lowest BCUT2D eigenvalue weighted by Gasteiger charge is -2.40. The molecule has 6 aromatic rings. The van der Waals surface area contributed by atoms with Gasteiger partial charge in [-0.25, -0.2) is 14.5 Å². The van der Waals surface area contributed by atoms with Gasteiger partial charge in [0.15, 0.2) is 14.0 Å². The molecule has 296 valence electrons. The molecule has 12 nitrogen and oxygen atoms in total. The molecule has 57 heavy (non-hydrogen) atoms. The van der Waals surface area contributed by atoms with Crippen LogP contribution in [0.25, 0.3) is 5.65 Å². The second kappa shape index (κ2) is 15.8. The summed E-state index contributed by atoms with van der Waals surface area (Å²) in [7, 11) is 0.756. The van der Waals surface area contributed by atoms with Gasteiger partial charge < -0.3 is 34.2 Å². The minimum Gasteiger partial charge on any atom is -0.497 e. The number of hydrogen-bond acceptors (Lipinski definition) is 11. The molecule has 13 heteroatoms. The summed E-state index contributed by atoms with van der Waals surface area (Å²) in [6.45, 7) is 10.7. The molecule has 7 rings (SSSR count). The number of methoxy groups -OCH3 is 2. The number of carbonyl (C=O) groups excluding carboxylic acids is 1. The Hall–Kier alpha value is -5.44. The van der Waals surface area contributed by atoms with E-state index in [-0.39, 0.29) is 23.3 Å². The smallest absolute Gasteiger partial charge is 0.230 e. The van der Waals surface area contributed by atoms with E-state index in [0.717, 1.165) is 16.7 Å².